The zero-order valence-corrected chi connectivity index (χ0v) is 16.2. The number of carbonyl (C=O) groups is 2. The van der Waals surface area contributed by atoms with Crippen LogP contribution in [-0.4, -0.2) is 53.2 Å². The molecule has 0 radical (unpaired) electrons. The fourth-order valence-corrected chi connectivity index (χ4v) is 3.12. The second kappa shape index (κ2) is 8.84. The maximum atomic E-state index is 12.7. The number of ether oxygens (including phenoxy) is 3. The summed E-state index contributed by atoms with van der Waals surface area (Å²) < 4.78 is 16.7. The number of hydrogen-bond donors (Lipinski definition) is 0. The zero-order valence-electron chi connectivity index (χ0n) is 16.2. The van der Waals surface area contributed by atoms with Gasteiger partial charge in [0.2, 0.25) is 5.88 Å². The monoisotopic (exact) mass is 384 g/mol. The Morgan fingerprint density at radius 1 is 1.11 bits per heavy atom. The summed E-state index contributed by atoms with van der Waals surface area (Å²) >= 11 is 0. The van der Waals surface area contributed by atoms with Gasteiger partial charge in [0.05, 0.1) is 12.2 Å². The zero-order chi connectivity index (χ0) is 20.1. The average Bonchev–Trinajstić information content (AvgIpc) is 2.67. The van der Waals surface area contributed by atoms with E-state index in [9.17, 15) is 9.59 Å². The molecule has 0 saturated carbocycles. The molecule has 2 heterocycles. The Morgan fingerprint density at radius 3 is 2.46 bits per heavy atom. The van der Waals surface area contributed by atoms with Crippen LogP contribution in [0.25, 0.3) is 0 Å². The highest BCUT2D eigenvalue weighted by atomic mass is 16.6. The van der Waals surface area contributed by atoms with E-state index in [1.165, 1.54) is 6.20 Å². The van der Waals surface area contributed by atoms with E-state index in [2.05, 4.69) is 4.98 Å². The van der Waals surface area contributed by atoms with Crippen LogP contribution in [0, 0.1) is 0 Å². The lowest BCUT2D eigenvalue weighted by Crippen LogP contribution is -2.51. The highest BCUT2D eigenvalue weighted by molar-refractivity contribution is 5.94. The summed E-state index contributed by atoms with van der Waals surface area (Å²) in [5.41, 5.74) is 0.162. The Kier molecular flexibility index (Phi) is 6.26. The van der Waals surface area contributed by atoms with E-state index < -0.39 is 12.1 Å². The van der Waals surface area contributed by atoms with Crippen molar-refractivity contribution in [3.8, 4) is 11.6 Å². The largest absolute Gasteiger partial charge is 0.449 e. The van der Waals surface area contributed by atoms with Crippen molar-refractivity contribution in [2.75, 3.05) is 13.1 Å². The standard InChI is InChI=1S/C21H24N2O5/c1-14-12-23(13-15(2)26-14)20(24)16(3)27-21(25)18-10-7-11-22-19(18)28-17-8-5-4-6-9-17/h4-11,14-16H,12-13H2,1-3H3. The molecule has 3 rings (SSSR count). The molecule has 1 aliphatic rings. The van der Waals surface area contributed by atoms with Crippen molar-refractivity contribution in [2.24, 2.45) is 0 Å². The van der Waals surface area contributed by atoms with Crippen LogP contribution < -0.4 is 4.74 Å². The van der Waals surface area contributed by atoms with Crippen LogP contribution in [0.1, 0.15) is 31.1 Å². The van der Waals surface area contributed by atoms with Crippen LogP contribution in [0.5, 0.6) is 11.6 Å². The topological polar surface area (TPSA) is 78.0 Å². The molecule has 1 aromatic carbocycles. The lowest BCUT2D eigenvalue weighted by Gasteiger charge is -2.36. The van der Waals surface area contributed by atoms with Gasteiger partial charge in [0.15, 0.2) is 6.10 Å². The highest BCUT2D eigenvalue weighted by Crippen LogP contribution is 2.23. The van der Waals surface area contributed by atoms with Crippen LogP contribution in [0.2, 0.25) is 0 Å². The van der Waals surface area contributed by atoms with E-state index in [-0.39, 0.29) is 29.6 Å². The molecule has 2 aromatic rings. The Labute approximate surface area is 164 Å². The minimum Gasteiger partial charge on any atom is -0.449 e. The maximum Gasteiger partial charge on any atom is 0.344 e. The fraction of sp³-hybridized carbons (Fsp3) is 0.381. The molecule has 1 aromatic heterocycles. The molecule has 7 nitrogen and oxygen atoms in total. The maximum absolute atomic E-state index is 12.7. The summed E-state index contributed by atoms with van der Waals surface area (Å²) in [6.07, 6.45) is 0.495. The van der Waals surface area contributed by atoms with Crippen LogP contribution in [-0.2, 0) is 14.3 Å². The number of aromatic nitrogens is 1. The first-order valence-electron chi connectivity index (χ1n) is 9.27. The Morgan fingerprint density at radius 2 is 1.79 bits per heavy atom. The number of hydrogen-bond acceptors (Lipinski definition) is 6. The molecule has 0 aliphatic carbocycles. The Balaban J connectivity index is 1.68. The summed E-state index contributed by atoms with van der Waals surface area (Å²) in [4.78, 5) is 31.1. The van der Waals surface area contributed by atoms with Crippen molar-refractivity contribution in [3.63, 3.8) is 0 Å². The molecular formula is C21H24N2O5. The van der Waals surface area contributed by atoms with E-state index in [0.717, 1.165) is 0 Å². The van der Waals surface area contributed by atoms with Gasteiger partial charge in [0.1, 0.15) is 11.3 Å². The van der Waals surface area contributed by atoms with Crippen LogP contribution in [0.3, 0.4) is 0 Å². The number of amides is 1. The molecule has 3 atom stereocenters. The molecule has 1 aliphatic heterocycles. The van der Waals surface area contributed by atoms with Gasteiger partial charge in [-0.15, -0.1) is 0 Å². The molecule has 0 N–H and O–H groups in total. The van der Waals surface area contributed by atoms with E-state index in [1.807, 2.05) is 32.0 Å². The summed E-state index contributed by atoms with van der Waals surface area (Å²) in [6.45, 7) is 6.34. The van der Waals surface area contributed by atoms with Gasteiger partial charge < -0.3 is 19.1 Å². The number of carbonyl (C=O) groups excluding carboxylic acids is 2. The number of nitrogens with zero attached hydrogens (tertiary/aromatic N) is 2. The third-order valence-electron chi connectivity index (χ3n) is 4.31. The van der Waals surface area contributed by atoms with Crippen molar-refractivity contribution in [3.05, 3.63) is 54.2 Å². The summed E-state index contributed by atoms with van der Waals surface area (Å²) in [5.74, 6) is -0.221. The first-order chi connectivity index (χ1) is 13.4. The van der Waals surface area contributed by atoms with Gasteiger partial charge >= 0.3 is 5.97 Å². The third-order valence-corrected chi connectivity index (χ3v) is 4.31. The molecule has 0 spiro atoms. The smallest absolute Gasteiger partial charge is 0.344 e. The summed E-state index contributed by atoms with van der Waals surface area (Å²) in [7, 11) is 0. The number of morpholine rings is 1. The Hall–Kier alpha value is -2.93. The lowest BCUT2D eigenvalue weighted by molar-refractivity contribution is -0.151. The number of esters is 1. The minimum absolute atomic E-state index is 0.0557. The van der Waals surface area contributed by atoms with Crippen molar-refractivity contribution >= 4 is 11.9 Å². The minimum atomic E-state index is -0.921. The van der Waals surface area contributed by atoms with Gasteiger partial charge in [-0.2, -0.15) is 0 Å². The molecule has 3 unspecified atom stereocenters. The molecule has 28 heavy (non-hydrogen) atoms. The van der Waals surface area contributed by atoms with Gasteiger partial charge in [-0.25, -0.2) is 9.78 Å². The Bertz CT molecular complexity index is 817. The van der Waals surface area contributed by atoms with Gasteiger partial charge in [-0.1, -0.05) is 18.2 Å². The van der Waals surface area contributed by atoms with Crippen molar-refractivity contribution in [1.82, 2.24) is 9.88 Å². The van der Waals surface area contributed by atoms with Gasteiger partial charge in [0, 0.05) is 19.3 Å². The van der Waals surface area contributed by atoms with E-state index in [1.54, 1.807) is 36.1 Å². The number of pyridine rings is 1. The summed E-state index contributed by atoms with van der Waals surface area (Å²) in [5, 5.41) is 0. The molecular weight excluding hydrogens is 360 g/mol. The molecule has 0 bridgehead atoms. The number of rotatable bonds is 5. The van der Waals surface area contributed by atoms with Gasteiger partial charge in [-0.3, -0.25) is 4.79 Å². The quantitative estimate of drug-likeness (QED) is 0.738. The predicted octanol–water partition coefficient (Wildman–Crippen LogP) is 3.06. The van der Waals surface area contributed by atoms with Crippen LogP contribution >= 0.6 is 0 Å². The fourth-order valence-electron chi connectivity index (χ4n) is 3.12. The predicted molar refractivity (Wildman–Crippen MR) is 102 cm³/mol. The first kappa shape index (κ1) is 19.8. The molecule has 148 valence electrons. The average molecular weight is 384 g/mol. The van der Waals surface area contributed by atoms with Crippen molar-refractivity contribution < 1.29 is 23.8 Å². The van der Waals surface area contributed by atoms with E-state index in [4.69, 9.17) is 14.2 Å². The summed E-state index contributed by atoms with van der Waals surface area (Å²) in [6, 6.07) is 12.2. The van der Waals surface area contributed by atoms with Crippen LogP contribution in [0.15, 0.2) is 48.7 Å². The second-order valence-electron chi connectivity index (χ2n) is 6.82. The lowest BCUT2D eigenvalue weighted by atomic mass is 10.2. The van der Waals surface area contributed by atoms with Gasteiger partial charge in [-0.05, 0) is 45.0 Å². The van der Waals surface area contributed by atoms with E-state index in [0.29, 0.717) is 18.8 Å². The van der Waals surface area contributed by atoms with Crippen molar-refractivity contribution in [1.29, 1.82) is 0 Å². The molecule has 7 heteroatoms. The third kappa shape index (κ3) is 4.86. The highest BCUT2D eigenvalue weighted by Gasteiger charge is 2.31. The molecule has 1 amide bonds. The van der Waals surface area contributed by atoms with E-state index >= 15 is 0 Å². The number of benzene rings is 1. The normalized spacial score (nSPS) is 20.3. The molecule has 1 fully saturated rings. The SMILES string of the molecule is CC1CN(C(=O)C(C)OC(=O)c2cccnc2Oc2ccccc2)CC(C)O1. The number of para-hydroxylation sites is 1. The van der Waals surface area contributed by atoms with Crippen molar-refractivity contribution in [2.45, 2.75) is 39.1 Å². The first-order valence-corrected chi connectivity index (χ1v) is 9.27. The van der Waals surface area contributed by atoms with Gasteiger partial charge in [0.25, 0.3) is 5.91 Å². The van der Waals surface area contributed by atoms with Crippen LogP contribution in [0.4, 0.5) is 0 Å². The second-order valence-corrected chi connectivity index (χ2v) is 6.82. The molecule has 1 saturated heterocycles.